The van der Waals surface area contributed by atoms with E-state index in [1.807, 2.05) is 29.1 Å². The number of thiophene rings is 1. The summed E-state index contributed by atoms with van der Waals surface area (Å²) in [7, 11) is 1.89. The summed E-state index contributed by atoms with van der Waals surface area (Å²) >= 11 is 1.63. The zero-order chi connectivity index (χ0) is 9.42. The predicted octanol–water partition coefficient (Wildman–Crippen LogP) is 2.17. The third-order valence-corrected chi connectivity index (χ3v) is 2.84. The van der Waals surface area contributed by atoms with Crippen LogP contribution in [0.1, 0.15) is 6.92 Å². The van der Waals surface area contributed by atoms with E-state index in [-0.39, 0.29) is 5.97 Å². The minimum absolute atomic E-state index is 0.284. The molecule has 2 aromatic heterocycles. The Bertz CT molecular complexity index is 455. The molecule has 2 aromatic rings. The van der Waals surface area contributed by atoms with Gasteiger partial charge < -0.3 is 9.30 Å². The van der Waals surface area contributed by atoms with Gasteiger partial charge in [-0.1, -0.05) is 0 Å². The van der Waals surface area contributed by atoms with Gasteiger partial charge in [0.25, 0.3) is 0 Å². The summed E-state index contributed by atoms with van der Waals surface area (Å²) < 4.78 is 6.90. The average molecular weight is 195 g/mol. The van der Waals surface area contributed by atoms with Gasteiger partial charge in [0.05, 0.1) is 0 Å². The van der Waals surface area contributed by atoms with E-state index in [0.717, 1.165) is 10.2 Å². The van der Waals surface area contributed by atoms with Crippen LogP contribution >= 0.6 is 11.3 Å². The van der Waals surface area contributed by atoms with Crippen LogP contribution in [-0.4, -0.2) is 10.5 Å². The summed E-state index contributed by atoms with van der Waals surface area (Å²) in [5.41, 5.74) is 0. The highest BCUT2D eigenvalue weighted by molar-refractivity contribution is 7.16. The van der Waals surface area contributed by atoms with E-state index in [4.69, 9.17) is 4.74 Å². The number of esters is 1. The molecule has 0 aliphatic rings. The molecule has 0 aliphatic heterocycles. The number of ether oxygens (including phenoxy) is 1. The van der Waals surface area contributed by atoms with E-state index in [1.54, 1.807) is 11.3 Å². The fraction of sp³-hybridized carbons (Fsp3) is 0.222. The zero-order valence-corrected chi connectivity index (χ0v) is 8.22. The topological polar surface area (TPSA) is 31.2 Å². The summed E-state index contributed by atoms with van der Waals surface area (Å²) in [6.07, 6.45) is 0. The second-order valence-corrected chi connectivity index (χ2v) is 3.71. The molecule has 2 rings (SSSR count). The molecule has 4 heteroatoms. The molecule has 3 nitrogen and oxygen atoms in total. The largest absolute Gasteiger partial charge is 0.409 e. The van der Waals surface area contributed by atoms with Crippen LogP contribution in [0.5, 0.6) is 5.88 Å². The van der Waals surface area contributed by atoms with Crippen molar-refractivity contribution in [2.75, 3.05) is 0 Å². The van der Waals surface area contributed by atoms with Crippen molar-refractivity contribution in [3.63, 3.8) is 0 Å². The number of hydrogen-bond acceptors (Lipinski definition) is 3. The van der Waals surface area contributed by atoms with E-state index in [9.17, 15) is 4.79 Å². The normalized spacial score (nSPS) is 10.6. The Morgan fingerprint density at radius 3 is 3.00 bits per heavy atom. The fourth-order valence-electron chi connectivity index (χ4n) is 1.27. The quantitative estimate of drug-likeness (QED) is 0.653. The third kappa shape index (κ3) is 1.33. The lowest BCUT2D eigenvalue weighted by atomic mass is 10.4. The summed E-state index contributed by atoms with van der Waals surface area (Å²) in [5.74, 6) is 0.322. The van der Waals surface area contributed by atoms with Gasteiger partial charge in [0.2, 0.25) is 5.88 Å². The maximum Gasteiger partial charge on any atom is 0.309 e. The minimum Gasteiger partial charge on any atom is -0.409 e. The first-order valence-electron chi connectivity index (χ1n) is 3.90. The highest BCUT2D eigenvalue weighted by Crippen LogP contribution is 2.28. The lowest BCUT2D eigenvalue weighted by molar-refractivity contribution is -0.132. The molecular weight excluding hydrogens is 186 g/mol. The molecule has 0 aliphatic carbocycles. The van der Waals surface area contributed by atoms with Crippen LogP contribution in [0, 0.1) is 0 Å². The lowest BCUT2D eigenvalue weighted by Crippen LogP contribution is -2.04. The van der Waals surface area contributed by atoms with Crippen LogP contribution in [-0.2, 0) is 11.8 Å². The van der Waals surface area contributed by atoms with Gasteiger partial charge in [0.1, 0.15) is 4.83 Å². The van der Waals surface area contributed by atoms with Crippen molar-refractivity contribution in [1.29, 1.82) is 0 Å². The molecule has 0 saturated carbocycles. The first-order chi connectivity index (χ1) is 6.18. The van der Waals surface area contributed by atoms with E-state index in [2.05, 4.69) is 0 Å². The summed E-state index contributed by atoms with van der Waals surface area (Å²) in [6, 6.07) is 3.88. The van der Waals surface area contributed by atoms with Crippen molar-refractivity contribution in [2.24, 2.45) is 7.05 Å². The van der Waals surface area contributed by atoms with Gasteiger partial charge in [0, 0.05) is 25.4 Å². The molecule has 0 amide bonds. The average Bonchev–Trinajstić information content (AvgIpc) is 2.56. The second-order valence-electron chi connectivity index (χ2n) is 2.82. The van der Waals surface area contributed by atoms with Gasteiger partial charge in [-0.05, 0) is 11.4 Å². The van der Waals surface area contributed by atoms with Crippen LogP contribution < -0.4 is 4.74 Å². The molecule has 0 saturated heterocycles. The Morgan fingerprint density at radius 1 is 1.62 bits per heavy atom. The fourth-order valence-corrected chi connectivity index (χ4v) is 2.12. The Hall–Kier alpha value is -1.29. The molecule has 0 radical (unpaired) electrons. The standard InChI is InChI=1S/C9H9NO2S/c1-6(11)12-8-5-7-3-4-13-9(7)10(8)2/h3-5H,1-2H3. The van der Waals surface area contributed by atoms with Crippen LogP contribution in [0.3, 0.4) is 0 Å². The SMILES string of the molecule is CC(=O)Oc1cc2ccsc2n1C. The highest BCUT2D eigenvalue weighted by Gasteiger charge is 2.08. The van der Waals surface area contributed by atoms with E-state index < -0.39 is 0 Å². The number of nitrogens with zero attached hydrogens (tertiary/aromatic N) is 1. The van der Waals surface area contributed by atoms with Gasteiger partial charge in [0.15, 0.2) is 0 Å². The van der Waals surface area contributed by atoms with Gasteiger partial charge in [-0.2, -0.15) is 0 Å². The monoisotopic (exact) mass is 195 g/mol. The molecule has 0 bridgehead atoms. The van der Waals surface area contributed by atoms with Crippen molar-refractivity contribution in [3.05, 3.63) is 17.5 Å². The van der Waals surface area contributed by atoms with Crippen molar-refractivity contribution in [1.82, 2.24) is 4.57 Å². The summed E-state index contributed by atoms with van der Waals surface area (Å²) in [6.45, 7) is 1.40. The molecule has 0 fully saturated rings. The Balaban J connectivity index is 2.51. The molecule has 0 spiro atoms. The Labute approximate surface area is 79.5 Å². The number of carbonyl (C=O) groups is 1. The van der Waals surface area contributed by atoms with Gasteiger partial charge in [-0.15, -0.1) is 11.3 Å². The molecule has 0 atom stereocenters. The number of aryl methyl sites for hydroxylation is 1. The number of aromatic nitrogens is 1. The highest BCUT2D eigenvalue weighted by atomic mass is 32.1. The molecule has 0 unspecified atom stereocenters. The maximum atomic E-state index is 10.7. The van der Waals surface area contributed by atoms with Gasteiger partial charge >= 0.3 is 5.97 Å². The number of hydrogen-bond donors (Lipinski definition) is 0. The first-order valence-corrected chi connectivity index (χ1v) is 4.78. The molecule has 13 heavy (non-hydrogen) atoms. The van der Waals surface area contributed by atoms with Crippen LogP contribution in [0.25, 0.3) is 10.2 Å². The third-order valence-electron chi connectivity index (χ3n) is 1.84. The van der Waals surface area contributed by atoms with Crippen molar-refractivity contribution >= 4 is 27.5 Å². The Morgan fingerprint density at radius 2 is 2.38 bits per heavy atom. The first kappa shape index (κ1) is 8.31. The second kappa shape index (κ2) is 2.88. The minimum atomic E-state index is -0.284. The number of carbonyl (C=O) groups excluding carboxylic acids is 1. The van der Waals surface area contributed by atoms with Crippen LogP contribution in [0.4, 0.5) is 0 Å². The van der Waals surface area contributed by atoms with Crippen LogP contribution in [0.15, 0.2) is 17.5 Å². The number of fused-ring (bicyclic) bond motifs is 1. The van der Waals surface area contributed by atoms with Crippen molar-refractivity contribution in [2.45, 2.75) is 6.92 Å². The van der Waals surface area contributed by atoms with Gasteiger partial charge in [-0.25, -0.2) is 0 Å². The number of rotatable bonds is 1. The van der Waals surface area contributed by atoms with E-state index in [1.165, 1.54) is 6.92 Å². The molecule has 2 heterocycles. The van der Waals surface area contributed by atoms with Crippen molar-refractivity contribution < 1.29 is 9.53 Å². The molecule has 0 N–H and O–H groups in total. The van der Waals surface area contributed by atoms with E-state index in [0.29, 0.717) is 5.88 Å². The molecule has 68 valence electrons. The zero-order valence-electron chi connectivity index (χ0n) is 7.40. The lowest BCUT2D eigenvalue weighted by Gasteiger charge is -2.01. The molecule has 0 aromatic carbocycles. The smallest absolute Gasteiger partial charge is 0.309 e. The Kier molecular flexibility index (Phi) is 1.84. The summed E-state index contributed by atoms with van der Waals surface area (Å²) in [4.78, 5) is 11.9. The van der Waals surface area contributed by atoms with E-state index >= 15 is 0 Å². The predicted molar refractivity (Wildman–Crippen MR) is 52.1 cm³/mol. The van der Waals surface area contributed by atoms with Crippen LogP contribution in [0.2, 0.25) is 0 Å². The van der Waals surface area contributed by atoms with Crippen molar-refractivity contribution in [3.8, 4) is 5.88 Å². The van der Waals surface area contributed by atoms with Gasteiger partial charge in [-0.3, -0.25) is 4.79 Å². The molecular formula is C9H9NO2S. The summed E-state index contributed by atoms with van der Waals surface area (Å²) in [5, 5.41) is 3.13. The maximum absolute atomic E-state index is 10.7.